The van der Waals surface area contributed by atoms with E-state index in [2.05, 4.69) is 6.07 Å². The number of thiocarbonyl (C=S) groups is 1. The number of nitriles is 1. The van der Waals surface area contributed by atoms with Crippen molar-refractivity contribution in [3.63, 3.8) is 0 Å². The molecule has 0 aliphatic carbocycles. The van der Waals surface area contributed by atoms with Gasteiger partial charge in [-0.3, -0.25) is 9.69 Å². The van der Waals surface area contributed by atoms with E-state index in [9.17, 15) is 10.1 Å². The molecule has 5 nitrogen and oxygen atoms in total. The van der Waals surface area contributed by atoms with Gasteiger partial charge in [0.05, 0.1) is 28.8 Å². The minimum absolute atomic E-state index is 0.150. The lowest BCUT2D eigenvalue weighted by Crippen LogP contribution is -2.27. The number of hydrogen-bond acceptors (Lipinski definition) is 6. The number of amides is 1. The molecule has 3 aromatic rings. The first-order valence-electron chi connectivity index (χ1n) is 10.3. The van der Waals surface area contributed by atoms with Gasteiger partial charge in [0.15, 0.2) is 15.8 Å². The molecular weight excluding hydrogens is 452 g/mol. The molecule has 0 N–H and O–H groups in total. The maximum atomic E-state index is 13.0. The summed E-state index contributed by atoms with van der Waals surface area (Å²) in [5.74, 6) is 0.986. The van der Waals surface area contributed by atoms with Crippen molar-refractivity contribution in [2.75, 3.05) is 11.5 Å². The Morgan fingerprint density at radius 1 is 1.03 bits per heavy atom. The second-order valence-electron chi connectivity index (χ2n) is 7.05. The third-order valence-corrected chi connectivity index (χ3v) is 6.20. The summed E-state index contributed by atoms with van der Waals surface area (Å²) in [5, 5.41) is 9.28. The van der Waals surface area contributed by atoms with E-state index in [4.69, 9.17) is 21.7 Å². The van der Waals surface area contributed by atoms with Crippen molar-refractivity contribution in [2.24, 2.45) is 0 Å². The van der Waals surface area contributed by atoms with Crippen molar-refractivity contribution in [3.05, 3.63) is 94.4 Å². The Morgan fingerprint density at radius 3 is 2.55 bits per heavy atom. The van der Waals surface area contributed by atoms with Crippen molar-refractivity contribution in [1.29, 1.82) is 5.26 Å². The Labute approximate surface area is 202 Å². The number of para-hydroxylation sites is 1. The zero-order valence-corrected chi connectivity index (χ0v) is 19.5. The molecule has 1 heterocycles. The predicted molar refractivity (Wildman–Crippen MR) is 135 cm³/mol. The minimum atomic E-state index is -0.150. The van der Waals surface area contributed by atoms with E-state index in [1.54, 1.807) is 17.0 Å². The lowest BCUT2D eigenvalue weighted by molar-refractivity contribution is -0.113. The highest BCUT2D eigenvalue weighted by Gasteiger charge is 2.33. The average molecular weight is 473 g/mol. The summed E-state index contributed by atoms with van der Waals surface area (Å²) in [5.41, 5.74) is 2.93. The maximum Gasteiger partial charge on any atom is 0.270 e. The number of thioether (sulfide) groups is 1. The first kappa shape index (κ1) is 22.6. The van der Waals surface area contributed by atoms with Gasteiger partial charge < -0.3 is 9.47 Å². The molecule has 0 radical (unpaired) electrons. The fourth-order valence-corrected chi connectivity index (χ4v) is 4.63. The number of carbonyl (C=O) groups is 1. The lowest BCUT2D eigenvalue weighted by atomic mass is 10.1. The van der Waals surface area contributed by atoms with Crippen LogP contribution in [0.1, 0.15) is 23.6 Å². The number of anilines is 1. The number of ether oxygens (including phenoxy) is 2. The topological polar surface area (TPSA) is 62.6 Å². The third-order valence-electron chi connectivity index (χ3n) is 4.89. The van der Waals surface area contributed by atoms with Crippen LogP contribution in [0.3, 0.4) is 0 Å². The molecule has 164 valence electrons. The molecule has 1 saturated heterocycles. The average Bonchev–Trinajstić information content (AvgIpc) is 3.12. The Bertz CT molecular complexity index is 1270. The van der Waals surface area contributed by atoms with E-state index >= 15 is 0 Å². The first-order chi connectivity index (χ1) is 16.1. The van der Waals surface area contributed by atoms with E-state index in [1.165, 1.54) is 11.8 Å². The van der Waals surface area contributed by atoms with Gasteiger partial charge in [-0.25, -0.2) is 0 Å². The Morgan fingerprint density at radius 2 is 1.79 bits per heavy atom. The molecule has 1 aliphatic heterocycles. The van der Waals surface area contributed by atoms with Crippen LogP contribution in [-0.2, 0) is 11.4 Å². The van der Waals surface area contributed by atoms with Gasteiger partial charge in [-0.15, -0.1) is 0 Å². The Balaban J connectivity index is 1.56. The molecule has 1 aliphatic rings. The number of carbonyl (C=O) groups excluding carboxylic acids is 1. The largest absolute Gasteiger partial charge is 0.490 e. The fraction of sp³-hybridized carbons (Fsp3) is 0.115. The van der Waals surface area contributed by atoms with Crippen LogP contribution in [0.2, 0.25) is 0 Å². The highest BCUT2D eigenvalue weighted by molar-refractivity contribution is 8.27. The molecule has 0 unspecified atom stereocenters. The van der Waals surface area contributed by atoms with Crippen molar-refractivity contribution in [2.45, 2.75) is 13.5 Å². The predicted octanol–water partition coefficient (Wildman–Crippen LogP) is 5.94. The van der Waals surface area contributed by atoms with Gasteiger partial charge in [0.25, 0.3) is 5.91 Å². The van der Waals surface area contributed by atoms with Crippen LogP contribution in [0.4, 0.5) is 5.69 Å². The Hall–Kier alpha value is -3.60. The van der Waals surface area contributed by atoms with Gasteiger partial charge in [0.1, 0.15) is 6.61 Å². The first-order valence-corrected chi connectivity index (χ1v) is 11.5. The SMILES string of the molecule is CCOc1cc(/C=C2/SC(=S)N(c3ccccc3)C2=O)ccc1OCc1ccccc1C#N. The van der Waals surface area contributed by atoms with Gasteiger partial charge in [-0.1, -0.05) is 66.4 Å². The summed E-state index contributed by atoms with van der Waals surface area (Å²) in [6.45, 7) is 2.61. The standard InChI is InChI=1S/C26H20N2O3S2/c1-2-30-23-14-18(12-13-22(23)31-17-20-9-7-6-8-19(20)16-27)15-24-25(29)28(26(32)33-24)21-10-4-3-5-11-21/h3-15H,2,17H2,1H3/b24-15+. The van der Waals surface area contributed by atoms with Crippen LogP contribution in [-0.4, -0.2) is 16.8 Å². The van der Waals surface area contributed by atoms with Crippen LogP contribution >= 0.6 is 24.0 Å². The monoisotopic (exact) mass is 472 g/mol. The van der Waals surface area contributed by atoms with Crippen molar-refractivity contribution in [1.82, 2.24) is 0 Å². The molecule has 0 saturated carbocycles. The number of rotatable bonds is 7. The normalized spacial score (nSPS) is 14.4. The summed E-state index contributed by atoms with van der Waals surface area (Å²) in [6.07, 6.45) is 1.81. The maximum absolute atomic E-state index is 13.0. The van der Waals surface area contributed by atoms with Crippen LogP contribution in [0.25, 0.3) is 6.08 Å². The van der Waals surface area contributed by atoms with Gasteiger partial charge in [0.2, 0.25) is 0 Å². The number of nitrogens with zero attached hydrogens (tertiary/aromatic N) is 2. The quantitative estimate of drug-likeness (QED) is 0.313. The lowest BCUT2D eigenvalue weighted by Gasteiger charge is -2.14. The van der Waals surface area contributed by atoms with Crippen LogP contribution < -0.4 is 14.4 Å². The highest BCUT2D eigenvalue weighted by Crippen LogP contribution is 2.37. The molecule has 0 spiro atoms. The molecule has 0 bridgehead atoms. The molecule has 4 rings (SSSR count). The number of benzene rings is 3. The fourth-order valence-electron chi connectivity index (χ4n) is 3.33. The van der Waals surface area contributed by atoms with E-state index in [0.29, 0.717) is 32.9 Å². The highest BCUT2D eigenvalue weighted by atomic mass is 32.2. The molecule has 1 amide bonds. The van der Waals surface area contributed by atoms with Gasteiger partial charge in [-0.2, -0.15) is 5.26 Å². The van der Waals surface area contributed by atoms with Crippen molar-refractivity contribution < 1.29 is 14.3 Å². The summed E-state index contributed by atoms with van der Waals surface area (Å²) in [7, 11) is 0. The molecule has 1 fully saturated rings. The summed E-state index contributed by atoms with van der Waals surface area (Å²) < 4.78 is 12.2. The second kappa shape index (κ2) is 10.3. The zero-order chi connectivity index (χ0) is 23.2. The van der Waals surface area contributed by atoms with E-state index in [-0.39, 0.29) is 12.5 Å². The van der Waals surface area contributed by atoms with Crippen LogP contribution in [0, 0.1) is 11.3 Å². The summed E-state index contributed by atoms with van der Waals surface area (Å²) in [6, 6.07) is 24.4. The zero-order valence-electron chi connectivity index (χ0n) is 17.9. The molecule has 7 heteroatoms. The van der Waals surface area contributed by atoms with Crippen molar-refractivity contribution >= 4 is 46.0 Å². The molecule has 0 aromatic heterocycles. The minimum Gasteiger partial charge on any atom is -0.490 e. The molecule has 33 heavy (non-hydrogen) atoms. The smallest absolute Gasteiger partial charge is 0.270 e. The second-order valence-corrected chi connectivity index (χ2v) is 8.73. The van der Waals surface area contributed by atoms with Crippen LogP contribution in [0.15, 0.2) is 77.7 Å². The summed E-state index contributed by atoms with van der Waals surface area (Å²) >= 11 is 6.71. The van der Waals surface area contributed by atoms with Gasteiger partial charge in [0, 0.05) is 5.56 Å². The molecule has 3 aromatic carbocycles. The van der Waals surface area contributed by atoms with E-state index in [0.717, 1.165) is 16.8 Å². The van der Waals surface area contributed by atoms with E-state index in [1.807, 2.05) is 73.7 Å². The Kier molecular flexibility index (Phi) is 7.08. The van der Waals surface area contributed by atoms with E-state index < -0.39 is 0 Å². The molecule has 0 atom stereocenters. The number of hydrogen-bond donors (Lipinski definition) is 0. The van der Waals surface area contributed by atoms with Crippen molar-refractivity contribution in [3.8, 4) is 17.6 Å². The van der Waals surface area contributed by atoms with Gasteiger partial charge >= 0.3 is 0 Å². The van der Waals surface area contributed by atoms with Crippen LogP contribution in [0.5, 0.6) is 11.5 Å². The summed E-state index contributed by atoms with van der Waals surface area (Å²) in [4.78, 5) is 15.1. The molecular formula is C26H20N2O3S2. The third kappa shape index (κ3) is 5.08. The van der Waals surface area contributed by atoms with Gasteiger partial charge in [-0.05, 0) is 48.9 Å².